The molecule has 9 aromatic rings. The highest BCUT2D eigenvalue weighted by Gasteiger charge is 2.46. The number of unbranched alkanes of at least 4 members (excludes halogenated alkanes) is 14. The second kappa shape index (κ2) is 30.2. The van der Waals surface area contributed by atoms with Crippen LogP contribution in [0, 0.1) is 18.8 Å². The summed E-state index contributed by atoms with van der Waals surface area (Å²) < 4.78 is 60.8. The van der Waals surface area contributed by atoms with Crippen molar-refractivity contribution in [2.45, 2.75) is 238 Å². The highest BCUT2D eigenvalue weighted by molar-refractivity contribution is 7.92. The van der Waals surface area contributed by atoms with Crippen molar-refractivity contribution in [1.29, 1.82) is 0 Å². The van der Waals surface area contributed by atoms with Gasteiger partial charge < -0.3 is 0 Å². The van der Waals surface area contributed by atoms with E-state index in [-0.39, 0.29) is 27.8 Å². The van der Waals surface area contributed by atoms with Crippen LogP contribution in [-0.2, 0) is 36.3 Å². The van der Waals surface area contributed by atoms with Gasteiger partial charge in [0.2, 0.25) is 20.0 Å². The number of benzene rings is 3. The van der Waals surface area contributed by atoms with Crippen LogP contribution in [0.15, 0.2) is 72.8 Å². The Balaban J connectivity index is 0.000000147. The Morgan fingerprint density at radius 2 is 0.819 bits per heavy atom. The van der Waals surface area contributed by atoms with Crippen LogP contribution in [0.2, 0.25) is 15.1 Å². The number of sulfonamides is 2. The summed E-state index contributed by atoms with van der Waals surface area (Å²) in [6, 6.07) is 22.7. The number of hydrogen-bond acceptors (Lipinski definition) is 10. The molecule has 4 bridgehead atoms. The van der Waals surface area contributed by atoms with Gasteiger partial charge in [0.15, 0.2) is 34.4 Å². The van der Waals surface area contributed by atoms with Crippen LogP contribution in [0.1, 0.15) is 237 Å². The SMILES string of the molecule is CCCCCCCCCCS(=O)(=O)Nc1cccc(-c2nc3c(Cl)c(C(C)(C)C)[nH]n3n2)c1.CCCCCCCCCCS(=O)(=O)Nc1cccc(-c2nc3c(Cl)c(C45CCC(CC4)CC5)[nH]n3n2)c1.Cc1cccc(-c2nc3c(Cl)c(C45CCC(CC4)CC5)[nH]n3n2)c1. The first-order valence-electron chi connectivity index (χ1n) is 34.9. The fourth-order valence-corrected chi connectivity index (χ4v) is 18.3. The van der Waals surface area contributed by atoms with Crippen molar-refractivity contribution in [1.82, 2.24) is 59.4 Å². The van der Waals surface area contributed by atoms with Crippen molar-refractivity contribution >= 4 is 83.2 Å². The summed E-state index contributed by atoms with van der Waals surface area (Å²) in [5.41, 5.74) is 9.97. The van der Waals surface area contributed by atoms with Gasteiger partial charge in [-0.15, -0.1) is 15.3 Å². The Labute approximate surface area is 570 Å². The van der Waals surface area contributed by atoms with E-state index in [1.54, 1.807) is 44.2 Å². The summed E-state index contributed by atoms with van der Waals surface area (Å²) in [6.07, 6.45) is 33.0. The largest absolute Gasteiger partial charge is 0.284 e. The average Bonchev–Trinajstić information content (AvgIpc) is 1.56. The van der Waals surface area contributed by atoms with E-state index in [1.165, 1.54) is 147 Å². The van der Waals surface area contributed by atoms with E-state index in [9.17, 15) is 16.8 Å². The lowest BCUT2D eigenvalue weighted by atomic mass is 9.59. The standard InChI is InChI=1S/C28H40ClN5O2S.C24H36ClN5O2S.C19H21ClN4/c1-2-3-4-5-6-7-8-9-19-37(35,36)33-23-12-10-11-22(20-23)26-30-27-24(29)25(31-34(27)32-26)28-16-13-21(14-17-28)15-18-28;1-5-6-7-8-9-10-11-12-16-33(31,32)29-19-15-13-14-18(17-19)22-26-23-20(25)21(24(2,3)4)27-30(23)28-22;1-12-3-2-4-14(11-12)17-21-18-15(20)16(22-24(18)23-17)19-8-5-13(6-9-19)7-10-19/h10-12,20-21,31,33H,2-9,13-19H2,1H3;13-15,17,27,29H,5-12,16H2,1-4H3;2-4,11,13,22H,5-10H2,1H3. The zero-order valence-electron chi connectivity index (χ0n) is 55.9. The van der Waals surface area contributed by atoms with Gasteiger partial charge in [0.1, 0.15) is 15.1 Å². The third-order valence-electron chi connectivity index (χ3n) is 20.3. The van der Waals surface area contributed by atoms with Crippen LogP contribution in [0.3, 0.4) is 0 Å². The molecule has 0 aliphatic heterocycles. The van der Waals surface area contributed by atoms with Crippen molar-refractivity contribution in [3.63, 3.8) is 0 Å². The quantitative estimate of drug-likeness (QED) is 0.0306. The van der Waals surface area contributed by atoms with Gasteiger partial charge in [0, 0.05) is 44.3 Å². The van der Waals surface area contributed by atoms with Crippen molar-refractivity contribution in [3.8, 4) is 34.2 Å². The minimum Gasteiger partial charge on any atom is -0.284 e. The molecule has 6 aliphatic carbocycles. The fourth-order valence-electron chi connectivity index (χ4n) is 14.8. The lowest BCUT2D eigenvalue weighted by Crippen LogP contribution is -2.38. The van der Waals surface area contributed by atoms with Gasteiger partial charge in [-0.25, -0.2) is 31.8 Å². The minimum atomic E-state index is -3.40. The van der Waals surface area contributed by atoms with Crippen LogP contribution < -0.4 is 9.44 Å². The zero-order chi connectivity index (χ0) is 66.3. The molecule has 0 radical (unpaired) electrons. The van der Waals surface area contributed by atoms with Gasteiger partial charge in [-0.1, -0.05) is 207 Å². The van der Waals surface area contributed by atoms with Crippen LogP contribution in [-0.4, -0.2) is 87.8 Å². The van der Waals surface area contributed by atoms with E-state index in [0.29, 0.717) is 62.8 Å². The van der Waals surface area contributed by atoms with E-state index in [4.69, 9.17) is 44.8 Å². The summed E-state index contributed by atoms with van der Waals surface area (Å²) in [5, 5.41) is 25.9. The summed E-state index contributed by atoms with van der Waals surface area (Å²) in [7, 11) is -6.80. The normalized spacial score (nSPS) is 19.6. The Morgan fingerprint density at radius 3 is 1.17 bits per heavy atom. The summed E-state index contributed by atoms with van der Waals surface area (Å²) in [5.74, 6) is 3.82. The molecule has 6 saturated carbocycles. The third kappa shape index (κ3) is 16.5. The molecule has 0 saturated heterocycles. The molecule has 18 nitrogen and oxygen atoms in total. The first-order valence-corrected chi connectivity index (χ1v) is 39.3. The van der Waals surface area contributed by atoms with Crippen molar-refractivity contribution in [2.75, 3.05) is 20.9 Å². The monoisotopic (exact) mass is 1380 g/mol. The molecule has 0 unspecified atom stereocenters. The molecular weight excluding hydrogens is 1280 g/mol. The lowest BCUT2D eigenvalue weighted by Gasteiger charge is -2.46. The molecule has 3 aromatic carbocycles. The lowest BCUT2D eigenvalue weighted by molar-refractivity contribution is 0.132. The Morgan fingerprint density at radius 1 is 0.479 bits per heavy atom. The number of halogens is 3. The third-order valence-corrected chi connectivity index (χ3v) is 24.1. The van der Waals surface area contributed by atoms with E-state index < -0.39 is 20.0 Å². The first kappa shape index (κ1) is 69.4. The fraction of sp³-hybridized carbons (Fsp3) is 0.577. The maximum absolute atomic E-state index is 12.6. The number of hydrogen-bond donors (Lipinski definition) is 5. The number of rotatable bonds is 27. The van der Waals surface area contributed by atoms with E-state index in [0.717, 1.165) is 82.2 Å². The first-order chi connectivity index (χ1) is 45.1. The number of nitrogens with one attached hydrogen (secondary N) is 5. The van der Waals surface area contributed by atoms with Crippen LogP contribution in [0.5, 0.6) is 0 Å². The van der Waals surface area contributed by atoms with Gasteiger partial charge in [-0.3, -0.25) is 24.7 Å². The predicted octanol–water partition coefficient (Wildman–Crippen LogP) is 18.9. The molecule has 94 heavy (non-hydrogen) atoms. The number of anilines is 2. The molecule has 5 N–H and O–H groups in total. The molecule has 0 spiro atoms. The Bertz CT molecular complexity index is 4210. The van der Waals surface area contributed by atoms with E-state index >= 15 is 0 Å². The van der Waals surface area contributed by atoms with Crippen molar-refractivity contribution in [3.05, 3.63) is 111 Å². The Kier molecular flexibility index (Phi) is 22.3. The minimum absolute atomic E-state index is 0.127. The molecule has 6 heterocycles. The second-order valence-electron chi connectivity index (χ2n) is 28.5. The van der Waals surface area contributed by atoms with E-state index in [2.05, 4.69) is 98.7 Å². The van der Waals surface area contributed by atoms with E-state index in [1.807, 2.05) is 30.3 Å². The molecule has 6 aliphatic rings. The molecule has 0 atom stereocenters. The van der Waals surface area contributed by atoms with Crippen LogP contribution in [0.4, 0.5) is 11.4 Å². The number of nitrogens with zero attached hydrogens (tertiary/aromatic N) is 9. The number of aryl methyl sites for hydroxylation is 1. The number of fused-ring (bicyclic) bond motifs is 9. The summed E-state index contributed by atoms with van der Waals surface area (Å²) in [4.78, 5) is 14.0. The highest BCUT2D eigenvalue weighted by Crippen LogP contribution is 2.54. The second-order valence-corrected chi connectivity index (χ2v) is 33.3. The summed E-state index contributed by atoms with van der Waals surface area (Å²) in [6.45, 7) is 12.7. The number of H-pyrrole nitrogens is 3. The van der Waals surface area contributed by atoms with Crippen molar-refractivity contribution in [2.24, 2.45) is 11.8 Å². The molecule has 0 amide bonds. The maximum atomic E-state index is 12.6. The van der Waals surface area contributed by atoms with Crippen molar-refractivity contribution < 1.29 is 16.8 Å². The van der Waals surface area contributed by atoms with Gasteiger partial charge >= 0.3 is 0 Å². The average molecular weight is 1380 g/mol. The van der Waals surface area contributed by atoms with Crippen LogP contribution >= 0.6 is 34.8 Å². The van der Waals surface area contributed by atoms with Gasteiger partial charge in [0.25, 0.3) is 0 Å². The molecular formula is C71H97Cl3N14O4S2. The molecule has 23 heteroatoms. The molecule has 6 aromatic heterocycles. The van der Waals surface area contributed by atoms with Crippen LogP contribution in [0.25, 0.3) is 51.1 Å². The van der Waals surface area contributed by atoms with Gasteiger partial charge in [-0.05, 0) is 139 Å². The molecule has 15 rings (SSSR count). The number of aromatic amines is 3. The number of aromatic nitrogens is 12. The Hall–Kier alpha value is -5.93. The molecule has 508 valence electrons. The van der Waals surface area contributed by atoms with Gasteiger partial charge in [-0.2, -0.15) is 13.9 Å². The predicted molar refractivity (Wildman–Crippen MR) is 383 cm³/mol. The topological polar surface area (TPSA) is 230 Å². The van der Waals surface area contributed by atoms with Gasteiger partial charge in [0.05, 0.1) is 28.6 Å². The summed E-state index contributed by atoms with van der Waals surface area (Å²) >= 11 is 20.1. The maximum Gasteiger partial charge on any atom is 0.232 e. The smallest absolute Gasteiger partial charge is 0.232 e. The highest BCUT2D eigenvalue weighted by atomic mass is 35.5. The molecule has 6 fully saturated rings. The zero-order valence-corrected chi connectivity index (χ0v) is 59.8.